The van der Waals surface area contributed by atoms with Gasteiger partial charge in [-0.1, -0.05) is 30.3 Å². The van der Waals surface area contributed by atoms with E-state index in [4.69, 9.17) is 9.47 Å². The highest BCUT2D eigenvalue weighted by atomic mass is 16.6. The monoisotopic (exact) mass is 394 g/mol. The van der Waals surface area contributed by atoms with Crippen LogP contribution in [-0.2, 0) is 6.42 Å². The minimum atomic E-state index is 0.0804. The second-order valence-corrected chi connectivity index (χ2v) is 8.09. The van der Waals surface area contributed by atoms with E-state index in [0.717, 1.165) is 51.2 Å². The van der Waals surface area contributed by atoms with Gasteiger partial charge in [0.2, 0.25) is 0 Å². The van der Waals surface area contributed by atoms with Gasteiger partial charge in [0.1, 0.15) is 13.2 Å². The van der Waals surface area contributed by atoms with Crippen LogP contribution in [0.3, 0.4) is 0 Å². The zero-order valence-electron chi connectivity index (χ0n) is 17.2. The fourth-order valence-electron chi connectivity index (χ4n) is 4.10. The van der Waals surface area contributed by atoms with E-state index in [1.807, 2.05) is 29.2 Å². The maximum Gasteiger partial charge on any atom is 0.254 e. The van der Waals surface area contributed by atoms with Crippen molar-refractivity contribution in [1.82, 2.24) is 9.80 Å². The number of rotatable bonds is 6. The van der Waals surface area contributed by atoms with Crippen LogP contribution in [0.15, 0.2) is 48.5 Å². The maximum absolute atomic E-state index is 13.4. The molecule has 0 radical (unpaired) electrons. The summed E-state index contributed by atoms with van der Waals surface area (Å²) in [6, 6.07) is 15.9. The molecule has 2 heterocycles. The third-order valence-corrected chi connectivity index (χ3v) is 5.91. The number of piperidine rings is 1. The van der Waals surface area contributed by atoms with Crippen molar-refractivity contribution in [2.45, 2.75) is 19.3 Å². The number of carbonyl (C=O) groups is 1. The number of hydrogen-bond donors (Lipinski definition) is 0. The van der Waals surface area contributed by atoms with Crippen LogP contribution in [0.5, 0.6) is 11.5 Å². The zero-order valence-corrected chi connectivity index (χ0v) is 17.2. The van der Waals surface area contributed by atoms with Gasteiger partial charge in [-0.2, -0.15) is 0 Å². The van der Waals surface area contributed by atoms with Crippen molar-refractivity contribution in [1.29, 1.82) is 0 Å². The Bertz CT molecular complexity index is 816. The second kappa shape index (κ2) is 9.31. The normalized spacial score (nSPS) is 17.1. The van der Waals surface area contributed by atoms with Crippen LogP contribution < -0.4 is 9.47 Å². The first-order valence-corrected chi connectivity index (χ1v) is 10.6. The van der Waals surface area contributed by atoms with Gasteiger partial charge in [-0.3, -0.25) is 4.79 Å². The summed E-state index contributed by atoms with van der Waals surface area (Å²) < 4.78 is 11.3. The lowest BCUT2D eigenvalue weighted by molar-refractivity contribution is 0.0699. The molecule has 0 atom stereocenters. The van der Waals surface area contributed by atoms with Gasteiger partial charge in [-0.25, -0.2) is 0 Å². The summed E-state index contributed by atoms with van der Waals surface area (Å²) >= 11 is 0. The van der Waals surface area contributed by atoms with Crippen molar-refractivity contribution in [3.8, 4) is 11.5 Å². The third kappa shape index (κ3) is 5.10. The molecule has 0 aromatic heterocycles. The first-order valence-electron chi connectivity index (χ1n) is 10.6. The van der Waals surface area contributed by atoms with Crippen LogP contribution in [0.25, 0.3) is 0 Å². The first-order chi connectivity index (χ1) is 14.2. The van der Waals surface area contributed by atoms with Gasteiger partial charge in [0.05, 0.1) is 0 Å². The van der Waals surface area contributed by atoms with Crippen LogP contribution in [0.1, 0.15) is 28.8 Å². The Morgan fingerprint density at radius 2 is 1.76 bits per heavy atom. The lowest BCUT2D eigenvalue weighted by atomic mass is 9.96. The Balaban J connectivity index is 1.49. The van der Waals surface area contributed by atoms with E-state index in [1.54, 1.807) is 0 Å². The van der Waals surface area contributed by atoms with E-state index in [-0.39, 0.29) is 5.91 Å². The van der Waals surface area contributed by atoms with E-state index in [9.17, 15) is 4.79 Å². The minimum absolute atomic E-state index is 0.0804. The molecule has 2 aliphatic heterocycles. The molecule has 1 amide bonds. The first kappa shape index (κ1) is 19.8. The molecule has 0 aliphatic carbocycles. The third-order valence-electron chi connectivity index (χ3n) is 5.91. The fraction of sp³-hybridized carbons (Fsp3) is 0.458. The van der Waals surface area contributed by atoms with Crippen LogP contribution in [0.4, 0.5) is 0 Å². The molecular weight excluding hydrogens is 364 g/mol. The molecule has 5 heteroatoms. The molecule has 0 saturated carbocycles. The number of nitrogens with zero attached hydrogens (tertiary/aromatic N) is 2. The number of amides is 1. The molecule has 1 saturated heterocycles. The summed E-state index contributed by atoms with van der Waals surface area (Å²) in [5.41, 5.74) is 1.94. The van der Waals surface area contributed by atoms with Crippen molar-refractivity contribution >= 4 is 5.91 Å². The van der Waals surface area contributed by atoms with Gasteiger partial charge < -0.3 is 19.3 Å². The average molecular weight is 395 g/mol. The van der Waals surface area contributed by atoms with E-state index in [0.29, 0.717) is 30.4 Å². The van der Waals surface area contributed by atoms with Crippen LogP contribution in [-0.4, -0.2) is 62.1 Å². The Kier molecular flexibility index (Phi) is 6.35. The summed E-state index contributed by atoms with van der Waals surface area (Å²) in [4.78, 5) is 17.8. The van der Waals surface area contributed by atoms with Crippen molar-refractivity contribution in [2.24, 2.45) is 5.92 Å². The van der Waals surface area contributed by atoms with Crippen molar-refractivity contribution < 1.29 is 14.3 Å². The van der Waals surface area contributed by atoms with Gasteiger partial charge in [0.25, 0.3) is 5.91 Å². The molecular formula is C24H30N2O3. The topological polar surface area (TPSA) is 42.0 Å². The summed E-state index contributed by atoms with van der Waals surface area (Å²) in [7, 11) is 2.17. The average Bonchev–Trinajstić information content (AvgIpc) is 2.78. The SMILES string of the molecule is CN1CCC(CN(CCc2ccccc2)C(=O)c2ccc3c(c2)OCCO3)CC1. The molecule has 0 N–H and O–H groups in total. The van der Waals surface area contributed by atoms with Crippen LogP contribution >= 0.6 is 0 Å². The zero-order chi connectivity index (χ0) is 20.1. The molecule has 0 bridgehead atoms. The molecule has 29 heavy (non-hydrogen) atoms. The van der Waals surface area contributed by atoms with Gasteiger partial charge >= 0.3 is 0 Å². The summed E-state index contributed by atoms with van der Waals surface area (Å²) in [6.07, 6.45) is 3.16. The second-order valence-electron chi connectivity index (χ2n) is 8.09. The largest absolute Gasteiger partial charge is 0.486 e. The molecule has 154 valence electrons. The molecule has 0 spiro atoms. The number of benzene rings is 2. The number of carbonyl (C=O) groups excluding carboxylic acids is 1. The lowest BCUT2D eigenvalue weighted by Gasteiger charge is -2.33. The quantitative estimate of drug-likeness (QED) is 0.752. The van der Waals surface area contributed by atoms with Crippen LogP contribution in [0, 0.1) is 5.92 Å². The summed E-state index contributed by atoms with van der Waals surface area (Å²) in [6.45, 7) is 4.83. The number of ether oxygens (including phenoxy) is 2. The molecule has 2 aliphatic rings. The highest BCUT2D eigenvalue weighted by Gasteiger charge is 2.24. The molecule has 4 rings (SSSR count). The lowest BCUT2D eigenvalue weighted by Crippen LogP contribution is -2.40. The fourth-order valence-corrected chi connectivity index (χ4v) is 4.10. The van der Waals surface area contributed by atoms with Gasteiger partial charge in [-0.05, 0) is 69.1 Å². The van der Waals surface area contributed by atoms with E-state index >= 15 is 0 Å². The van der Waals surface area contributed by atoms with Crippen molar-refractivity contribution in [2.75, 3.05) is 46.4 Å². The standard InChI is InChI=1S/C24H30N2O3/c1-25-12-9-20(10-13-25)18-26(14-11-19-5-3-2-4-6-19)24(27)21-7-8-22-23(17-21)29-16-15-28-22/h2-8,17,20H,9-16,18H2,1H3. The molecule has 0 unspecified atom stereocenters. The van der Waals surface area contributed by atoms with Gasteiger partial charge in [0.15, 0.2) is 11.5 Å². The number of hydrogen-bond acceptors (Lipinski definition) is 4. The Labute approximate surface area is 173 Å². The predicted molar refractivity (Wildman–Crippen MR) is 114 cm³/mol. The highest BCUT2D eigenvalue weighted by Crippen LogP contribution is 2.31. The molecule has 1 fully saturated rings. The van der Waals surface area contributed by atoms with E-state index < -0.39 is 0 Å². The summed E-state index contributed by atoms with van der Waals surface area (Å²) in [5.74, 6) is 2.03. The van der Waals surface area contributed by atoms with E-state index in [1.165, 1.54) is 5.56 Å². The molecule has 2 aromatic carbocycles. The van der Waals surface area contributed by atoms with Gasteiger partial charge in [-0.15, -0.1) is 0 Å². The van der Waals surface area contributed by atoms with Gasteiger partial charge in [0, 0.05) is 18.7 Å². The summed E-state index contributed by atoms with van der Waals surface area (Å²) in [5, 5.41) is 0. The maximum atomic E-state index is 13.4. The number of fused-ring (bicyclic) bond motifs is 1. The molecule has 5 nitrogen and oxygen atoms in total. The van der Waals surface area contributed by atoms with Crippen molar-refractivity contribution in [3.05, 3.63) is 59.7 Å². The predicted octanol–water partition coefficient (Wildman–Crippen LogP) is 3.48. The van der Waals surface area contributed by atoms with Crippen molar-refractivity contribution in [3.63, 3.8) is 0 Å². The molecule has 2 aromatic rings. The van der Waals surface area contributed by atoms with E-state index in [2.05, 4.69) is 36.2 Å². The number of likely N-dealkylation sites (tertiary alicyclic amines) is 1. The highest BCUT2D eigenvalue weighted by molar-refractivity contribution is 5.95. The minimum Gasteiger partial charge on any atom is -0.486 e. The van der Waals surface area contributed by atoms with Crippen LogP contribution in [0.2, 0.25) is 0 Å². The Morgan fingerprint density at radius 1 is 1.03 bits per heavy atom. The smallest absolute Gasteiger partial charge is 0.254 e. The Hall–Kier alpha value is -2.53. The Morgan fingerprint density at radius 3 is 2.52 bits per heavy atom.